The summed E-state index contributed by atoms with van der Waals surface area (Å²) >= 11 is 5.96. The number of aliphatic hydroxyl groups is 1. The van der Waals surface area contributed by atoms with E-state index in [9.17, 15) is 9.90 Å². The Kier molecular flexibility index (Phi) is 6.02. The minimum Gasteiger partial charge on any atom is -0.393 e. The van der Waals surface area contributed by atoms with E-state index in [0.29, 0.717) is 22.9 Å². The average molecular weight is 424 g/mol. The Morgan fingerprint density at radius 3 is 2.50 bits per heavy atom. The average Bonchev–Trinajstić information content (AvgIpc) is 3.11. The molecule has 0 amide bonds. The molecule has 0 bridgehead atoms. The summed E-state index contributed by atoms with van der Waals surface area (Å²) in [6, 6.07) is 9.45. The number of halogens is 1. The minimum atomic E-state index is -0.171. The fraction of sp³-hybridized carbons (Fsp3) is 0.375. The van der Waals surface area contributed by atoms with E-state index in [1.165, 1.54) is 0 Å². The van der Waals surface area contributed by atoms with Crippen molar-refractivity contribution in [1.29, 1.82) is 0 Å². The second-order valence-corrected chi connectivity index (χ2v) is 8.62. The van der Waals surface area contributed by atoms with Crippen molar-refractivity contribution in [3.8, 4) is 5.69 Å². The first kappa shape index (κ1) is 20.8. The Balaban J connectivity index is 1.49. The third-order valence-corrected chi connectivity index (χ3v) is 6.26. The summed E-state index contributed by atoms with van der Waals surface area (Å²) in [6.45, 7) is 3.96. The van der Waals surface area contributed by atoms with Crippen molar-refractivity contribution in [2.45, 2.75) is 58.0 Å². The van der Waals surface area contributed by atoms with Gasteiger partial charge in [-0.1, -0.05) is 17.7 Å². The van der Waals surface area contributed by atoms with E-state index in [1.54, 1.807) is 10.9 Å². The maximum atomic E-state index is 12.9. The molecule has 1 aliphatic carbocycles. The molecule has 1 aromatic carbocycles. The number of aryl methyl sites for hydroxylation is 1. The largest absolute Gasteiger partial charge is 0.393 e. The van der Waals surface area contributed by atoms with Crippen molar-refractivity contribution in [3.63, 3.8) is 0 Å². The summed E-state index contributed by atoms with van der Waals surface area (Å²) in [5.41, 5.74) is 5.43. The van der Waals surface area contributed by atoms with Crippen LogP contribution in [-0.2, 0) is 6.42 Å². The first-order valence-electron chi connectivity index (χ1n) is 10.4. The van der Waals surface area contributed by atoms with Crippen molar-refractivity contribution >= 4 is 17.4 Å². The van der Waals surface area contributed by atoms with Crippen LogP contribution in [0.5, 0.6) is 0 Å². The molecule has 0 saturated heterocycles. The molecule has 4 rings (SSSR count). The van der Waals surface area contributed by atoms with Gasteiger partial charge in [-0.2, -0.15) is 5.10 Å². The van der Waals surface area contributed by atoms with Crippen LogP contribution in [0.4, 0.5) is 0 Å². The third-order valence-electron chi connectivity index (χ3n) is 6.00. The summed E-state index contributed by atoms with van der Waals surface area (Å²) < 4.78 is 1.76. The maximum Gasteiger partial charge on any atom is 0.170 e. The molecule has 2 aromatic heterocycles. The number of carbonyl (C=O) groups excluding carboxylic acids is 1. The second-order valence-electron chi connectivity index (χ2n) is 8.18. The van der Waals surface area contributed by atoms with Gasteiger partial charge in [-0.3, -0.25) is 9.78 Å². The molecule has 0 atom stereocenters. The highest BCUT2D eigenvalue weighted by atomic mass is 35.5. The predicted molar refractivity (Wildman–Crippen MR) is 118 cm³/mol. The lowest BCUT2D eigenvalue weighted by molar-refractivity contribution is 0.0992. The smallest absolute Gasteiger partial charge is 0.170 e. The van der Waals surface area contributed by atoms with Crippen LogP contribution in [0.2, 0.25) is 5.02 Å². The van der Waals surface area contributed by atoms with Gasteiger partial charge in [0.15, 0.2) is 5.78 Å². The maximum absolute atomic E-state index is 12.9. The van der Waals surface area contributed by atoms with Gasteiger partial charge in [0.05, 0.1) is 29.2 Å². The lowest BCUT2D eigenvalue weighted by atomic mass is 9.83. The Morgan fingerprint density at radius 2 is 1.83 bits per heavy atom. The molecule has 0 radical (unpaired) electrons. The molecule has 3 aromatic rings. The Hall–Kier alpha value is -2.50. The van der Waals surface area contributed by atoms with Crippen LogP contribution in [-0.4, -0.2) is 31.8 Å². The summed E-state index contributed by atoms with van der Waals surface area (Å²) in [7, 11) is 0. The molecule has 1 aliphatic rings. The molecule has 5 nitrogen and oxygen atoms in total. The van der Waals surface area contributed by atoms with E-state index in [-0.39, 0.29) is 11.9 Å². The number of nitrogens with zero attached hydrogens (tertiary/aromatic N) is 3. The van der Waals surface area contributed by atoms with E-state index >= 15 is 0 Å². The number of hydrogen-bond acceptors (Lipinski definition) is 4. The summed E-state index contributed by atoms with van der Waals surface area (Å²) in [5, 5.41) is 14.8. The number of aromatic nitrogens is 3. The quantitative estimate of drug-likeness (QED) is 0.587. The number of ketones is 1. The van der Waals surface area contributed by atoms with Gasteiger partial charge in [-0.25, -0.2) is 4.68 Å². The van der Waals surface area contributed by atoms with E-state index in [0.717, 1.165) is 53.9 Å². The SMILES string of the molecule is Cc1cc(CC(=O)c2cnn(-c3ccc(Cl)cc3)c2C)cnc1C1CCC(O)CC1. The van der Waals surface area contributed by atoms with Crippen molar-refractivity contribution < 1.29 is 9.90 Å². The first-order valence-corrected chi connectivity index (χ1v) is 10.8. The van der Waals surface area contributed by atoms with Gasteiger partial charge in [-0.05, 0) is 74.9 Å². The number of carbonyl (C=O) groups is 1. The van der Waals surface area contributed by atoms with Crippen LogP contribution in [0.3, 0.4) is 0 Å². The van der Waals surface area contributed by atoms with Crippen LogP contribution in [0.25, 0.3) is 5.69 Å². The van der Waals surface area contributed by atoms with Gasteiger partial charge in [0, 0.05) is 29.3 Å². The zero-order valence-corrected chi connectivity index (χ0v) is 18.1. The molecule has 2 heterocycles. The molecular weight excluding hydrogens is 398 g/mol. The van der Waals surface area contributed by atoms with Gasteiger partial charge >= 0.3 is 0 Å². The molecule has 0 unspecified atom stereocenters. The zero-order chi connectivity index (χ0) is 21.3. The van der Waals surface area contributed by atoms with Crippen LogP contribution in [0, 0.1) is 13.8 Å². The highest BCUT2D eigenvalue weighted by Gasteiger charge is 2.23. The lowest BCUT2D eigenvalue weighted by Gasteiger charge is -2.26. The van der Waals surface area contributed by atoms with E-state index in [1.807, 2.05) is 37.4 Å². The van der Waals surface area contributed by atoms with Gasteiger partial charge in [-0.15, -0.1) is 0 Å². The Labute approximate surface area is 181 Å². The number of rotatable bonds is 5. The van der Waals surface area contributed by atoms with Gasteiger partial charge in [0.2, 0.25) is 0 Å². The second kappa shape index (κ2) is 8.70. The normalized spacial score (nSPS) is 19.1. The summed E-state index contributed by atoms with van der Waals surface area (Å²) in [4.78, 5) is 17.6. The van der Waals surface area contributed by atoms with Crippen LogP contribution < -0.4 is 0 Å². The zero-order valence-electron chi connectivity index (χ0n) is 17.3. The monoisotopic (exact) mass is 423 g/mol. The number of benzene rings is 1. The first-order chi connectivity index (χ1) is 14.4. The Morgan fingerprint density at radius 1 is 1.13 bits per heavy atom. The highest BCUT2D eigenvalue weighted by Crippen LogP contribution is 2.33. The molecule has 1 saturated carbocycles. The third kappa shape index (κ3) is 4.32. The highest BCUT2D eigenvalue weighted by molar-refractivity contribution is 6.30. The van der Waals surface area contributed by atoms with Crippen molar-refractivity contribution in [1.82, 2.24) is 14.8 Å². The van der Waals surface area contributed by atoms with Crippen LogP contribution in [0.15, 0.2) is 42.7 Å². The molecule has 30 heavy (non-hydrogen) atoms. The predicted octanol–water partition coefficient (Wildman–Crippen LogP) is 4.98. The minimum absolute atomic E-state index is 0.0300. The summed E-state index contributed by atoms with van der Waals surface area (Å²) in [6.07, 6.45) is 7.19. The molecule has 1 fully saturated rings. The fourth-order valence-corrected chi connectivity index (χ4v) is 4.45. The topological polar surface area (TPSA) is 68.0 Å². The van der Waals surface area contributed by atoms with Crippen LogP contribution in [0.1, 0.15) is 64.5 Å². The molecule has 1 N–H and O–H groups in total. The van der Waals surface area contributed by atoms with Gasteiger partial charge < -0.3 is 5.11 Å². The number of pyridine rings is 1. The van der Waals surface area contributed by atoms with Crippen molar-refractivity contribution in [2.75, 3.05) is 0 Å². The molecule has 0 spiro atoms. The standard InChI is InChI=1S/C24H26ClN3O2/c1-15-11-17(13-26-24(15)18-3-9-21(29)10-4-18)12-23(30)22-14-27-28(16(22)2)20-7-5-19(25)6-8-20/h5-8,11,13-14,18,21,29H,3-4,9-10,12H2,1-2H3. The van der Waals surface area contributed by atoms with E-state index in [2.05, 4.69) is 23.1 Å². The molecule has 156 valence electrons. The van der Waals surface area contributed by atoms with Crippen molar-refractivity contribution in [2.24, 2.45) is 0 Å². The van der Waals surface area contributed by atoms with Gasteiger partial charge in [0.1, 0.15) is 0 Å². The van der Waals surface area contributed by atoms with Crippen LogP contribution >= 0.6 is 11.6 Å². The van der Waals surface area contributed by atoms with Crippen molar-refractivity contribution in [3.05, 3.63) is 75.8 Å². The summed E-state index contributed by atoms with van der Waals surface area (Å²) in [5.74, 6) is 0.431. The Bertz CT molecular complexity index is 1050. The number of Topliss-reactive ketones (excluding diaryl/α,β-unsaturated/α-hetero) is 1. The molecule has 6 heteroatoms. The lowest BCUT2D eigenvalue weighted by Crippen LogP contribution is -2.18. The number of hydrogen-bond donors (Lipinski definition) is 1. The van der Waals surface area contributed by atoms with E-state index in [4.69, 9.17) is 11.6 Å². The van der Waals surface area contributed by atoms with E-state index < -0.39 is 0 Å². The molecular formula is C24H26ClN3O2. The number of aliphatic hydroxyl groups excluding tert-OH is 1. The fourth-order valence-electron chi connectivity index (χ4n) is 4.32. The van der Waals surface area contributed by atoms with Gasteiger partial charge in [0.25, 0.3) is 0 Å². The molecule has 0 aliphatic heterocycles.